The molecule has 7 nitrogen and oxygen atoms in total. The lowest BCUT2D eigenvalue weighted by Crippen LogP contribution is -2.34. The van der Waals surface area contributed by atoms with E-state index in [9.17, 15) is 18.0 Å². The van der Waals surface area contributed by atoms with Gasteiger partial charge in [0.15, 0.2) is 6.61 Å². The number of benzene rings is 2. The second kappa shape index (κ2) is 6.94. The van der Waals surface area contributed by atoms with Gasteiger partial charge in [-0.1, -0.05) is 30.3 Å². The Morgan fingerprint density at radius 1 is 1.00 bits per heavy atom. The minimum atomic E-state index is -3.89. The van der Waals surface area contributed by atoms with Gasteiger partial charge in [-0.15, -0.1) is 0 Å². The van der Waals surface area contributed by atoms with Gasteiger partial charge in [0.05, 0.1) is 12.1 Å². The lowest BCUT2D eigenvalue weighted by Gasteiger charge is -2.15. The Morgan fingerprint density at radius 2 is 1.68 bits per heavy atom. The van der Waals surface area contributed by atoms with Crippen molar-refractivity contribution in [1.29, 1.82) is 0 Å². The first-order valence-corrected chi connectivity index (χ1v) is 8.94. The summed E-state index contributed by atoms with van der Waals surface area (Å²) in [6.45, 7) is -0.784. The van der Waals surface area contributed by atoms with Crippen LogP contribution in [0, 0.1) is 0 Å². The highest BCUT2D eigenvalue weighted by Crippen LogP contribution is 2.29. The summed E-state index contributed by atoms with van der Waals surface area (Å²) in [4.78, 5) is 23.8. The molecule has 0 N–H and O–H groups in total. The van der Waals surface area contributed by atoms with E-state index in [1.165, 1.54) is 12.1 Å². The van der Waals surface area contributed by atoms with Crippen LogP contribution >= 0.6 is 0 Å². The Hall–Kier alpha value is -2.87. The fraction of sp³-hybridized carbons (Fsp3) is 0.176. The zero-order valence-corrected chi connectivity index (χ0v) is 13.9. The highest BCUT2D eigenvalue weighted by Gasteiger charge is 2.40. The Morgan fingerprint density at radius 3 is 2.40 bits per heavy atom. The number of hydrogen-bond acceptors (Lipinski definition) is 6. The summed E-state index contributed by atoms with van der Waals surface area (Å²) < 4.78 is 35.5. The van der Waals surface area contributed by atoms with Crippen LogP contribution in [0.15, 0.2) is 59.5 Å². The molecule has 2 aromatic rings. The Bertz CT molecular complexity index is 894. The first kappa shape index (κ1) is 17.0. The number of sulfonamides is 1. The molecule has 0 unspecified atom stereocenters. The van der Waals surface area contributed by atoms with Crippen LogP contribution < -0.4 is 4.74 Å². The van der Waals surface area contributed by atoms with E-state index in [4.69, 9.17) is 9.47 Å². The lowest BCUT2D eigenvalue weighted by molar-refractivity contribution is -0.146. The number of carbonyl (C=O) groups excluding carboxylic acids is 2. The summed E-state index contributed by atoms with van der Waals surface area (Å²) in [5.74, 6) is -0.746. The van der Waals surface area contributed by atoms with Gasteiger partial charge >= 0.3 is 5.97 Å². The van der Waals surface area contributed by atoms with Crippen LogP contribution in [0.3, 0.4) is 0 Å². The highest BCUT2D eigenvalue weighted by molar-refractivity contribution is 7.90. The molecule has 8 heteroatoms. The molecule has 0 fully saturated rings. The van der Waals surface area contributed by atoms with Gasteiger partial charge in [0.25, 0.3) is 15.9 Å². The van der Waals surface area contributed by atoms with Crippen LogP contribution in [-0.4, -0.2) is 44.4 Å². The second-order valence-electron chi connectivity index (χ2n) is 5.20. The Kier molecular flexibility index (Phi) is 4.71. The van der Waals surface area contributed by atoms with Gasteiger partial charge in [0, 0.05) is 0 Å². The zero-order valence-electron chi connectivity index (χ0n) is 13.1. The molecule has 0 spiro atoms. The first-order valence-electron chi connectivity index (χ1n) is 7.50. The largest absolute Gasteiger partial charge is 0.482 e. The molecule has 0 radical (unpaired) electrons. The van der Waals surface area contributed by atoms with Crippen molar-refractivity contribution in [1.82, 2.24) is 4.31 Å². The van der Waals surface area contributed by atoms with Crippen LogP contribution in [0.1, 0.15) is 10.4 Å². The van der Waals surface area contributed by atoms with Crippen LogP contribution in [0.4, 0.5) is 0 Å². The minimum Gasteiger partial charge on any atom is -0.482 e. The number of ether oxygens (including phenoxy) is 2. The number of rotatable bonds is 6. The van der Waals surface area contributed by atoms with Gasteiger partial charge in [0.2, 0.25) is 0 Å². The predicted molar refractivity (Wildman–Crippen MR) is 87.6 cm³/mol. The monoisotopic (exact) mass is 361 g/mol. The number of para-hydroxylation sites is 1. The predicted octanol–water partition coefficient (Wildman–Crippen LogP) is 1.45. The van der Waals surface area contributed by atoms with Crippen molar-refractivity contribution in [2.75, 3.05) is 19.8 Å². The van der Waals surface area contributed by atoms with Crippen LogP contribution in [0.2, 0.25) is 0 Å². The molecule has 0 bridgehead atoms. The lowest BCUT2D eigenvalue weighted by atomic mass is 10.2. The van der Waals surface area contributed by atoms with Gasteiger partial charge < -0.3 is 9.47 Å². The van der Waals surface area contributed by atoms with Gasteiger partial charge in [0.1, 0.15) is 17.3 Å². The van der Waals surface area contributed by atoms with Gasteiger partial charge in [-0.25, -0.2) is 17.5 Å². The summed E-state index contributed by atoms with van der Waals surface area (Å²) in [6, 6.07) is 14.7. The van der Waals surface area contributed by atoms with Crippen molar-refractivity contribution in [2.45, 2.75) is 4.90 Å². The molecule has 1 amide bonds. The fourth-order valence-corrected chi connectivity index (χ4v) is 3.95. The van der Waals surface area contributed by atoms with Crippen molar-refractivity contribution in [3.8, 4) is 5.75 Å². The average molecular weight is 361 g/mol. The van der Waals surface area contributed by atoms with E-state index in [-0.39, 0.29) is 30.2 Å². The summed E-state index contributed by atoms with van der Waals surface area (Å²) in [5.41, 5.74) is 0.126. The standard InChI is InChI=1S/C17H15NO6S/c19-16(12-24-13-6-2-1-3-7-13)23-11-10-18-17(20)14-8-4-5-9-15(14)25(18,21)22/h1-9H,10-12H2. The van der Waals surface area contributed by atoms with E-state index < -0.39 is 21.9 Å². The molecule has 2 aromatic carbocycles. The quantitative estimate of drug-likeness (QED) is 0.724. The van der Waals surface area contributed by atoms with E-state index in [1.807, 2.05) is 6.07 Å². The van der Waals surface area contributed by atoms with E-state index >= 15 is 0 Å². The molecule has 1 aliphatic rings. The van der Waals surface area contributed by atoms with Crippen LogP contribution in [-0.2, 0) is 19.6 Å². The molecule has 0 saturated heterocycles. The SMILES string of the molecule is O=C(COc1ccccc1)OCCN1C(=O)c2ccccc2S1(=O)=O. The molecule has 25 heavy (non-hydrogen) atoms. The van der Waals surface area contributed by atoms with E-state index in [2.05, 4.69) is 0 Å². The third-order valence-electron chi connectivity index (χ3n) is 3.57. The second-order valence-corrected chi connectivity index (χ2v) is 7.03. The van der Waals surface area contributed by atoms with Crippen LogP contribution in [0.5, 0.6) is 5.75 Å². The fourth-order valence-electron chi connectivity index (χ4n) is 2.40. The topological polar surface area (TPSA) is 90.0 Å². The molecule has 1 aliphatic heterocycles. The van der Waals surface area contributed by atoms with Gasteiger partial charge in [-0.2, -0.15) is 0 Å². The smallest absolute Gasteiger partial charge is 0.344 e. The van der Waals surface area contributed by atoms with E-state index in [0.29, 0.717) is 10.1 Å². The third kappa shape index (κ3) is 3.48. The number of esters is 1. The maximum absolute atomic E-state index is 12.3. The highest BCUT2D eigenvalue weighted by atomic mass is 32.2. The van der Waals surface area contributed by atoms with E-state index in [1.54, 1.807) is 36.4 Å². The van der Waals surface area contributed by atoms with Gasteiger partial charge in [-0.3, -0.25) is 4.79 Å². The maximum atomic E-state index is 12.3. The molecule has 3 rings (SSSR count). The molecule has 0 atom stereocenters. The maximum Gasteiger partial charge on any atom is 0.344 e. The van der Waals surface area contributed by atoms with E-state index in [0.717, 1.165) is 0 Å². The van der Waals surface area contributed by atoms with Gasteiger partial charge in [-0.05, 0) is 24.3 Å². The molecule has 0 aromatic heterocycles. The van der Waals surface area contributed by atoms with Crippen molar-refractivity contribution < 1.29 is 27.5 Å². The number of hydrogen-bond donors (Lipinski definition) is 0. The first-order chi connectivity index (χ1) is 12.0. The van der Waals surface area contributed by atoms with Crippen molar-refractivity contribution >= 4 is 21.9 Å². The molecular weight excluding hydrogens is 346 g/mol. The minimum absolute atomic E-state index is 0.0289. The average Bonchev–Trinajstić information content (AvgIpc) is 2.82. The van der Waals surface area contributed by atoms with Crippen molar-refractivity contribution in [3.05, 3.63) is 60.2 Å². The Balaban J connectivity index is 1.53. The summed E-state index contributed by atoms with van der Waals surface area (Å²) >= 11 is 0. The van der Waals surface area contributed by atoms with Crippen molar-refractivity contribution in [3.63, 3.8) is 0 Å². The molecule has 0 aliphatic carbocycles. The molecule has 0 saturated carbocycles. The molecule has 130 valence electrons. The normalized spacial score (nSPS) is 14.9. The summed E-state index contributed by atoms with van der Waals surface area (Å²) in [6.07, 6.45) is 0. The Labute approximate surface area is 144 Å². The van der Waals surface area contributed by atoms with Crippen LogP contribution in [0.25, 0.3) is 0 Å². The molecule has 1 heterocycles. The molecular formula is C17H15NO6S. The zero-order chi connectivity index (χ0) is 17.9. The van der Waals surface area contributed by atoms with Crippen molar-refractivity contribution in [2.24, 2.45) is 0 Å². The summed E-state index contributed by atoms with van der Waals surface area (Å²) in [7, 11) is -3.89. The number of amides is 1. The number of fused-ring (bicyclic) bond motifs is 1. The number of carbonyl (C=O) groups is 2. The summed E-state index contributed by atoms with van der Waals surface area (Å²) in [5, 5.41) is 0. The number of nitrogens with zero attached hydrogens (tertiary/aromatic N) is 1. The third-order valence-corrected chi connectivity index (χ3v) is 5.41.